The largest absolute Gasteiger partial charge is 0.458 e. The predicted molar refractivity (Wildman–Crippen MR) is 68.9 cm³/mol. The monoisotopic (exact) mass is 282 g/mol. The molecule has 0 bridgehead atoms. The minimum absolute atomic E-state index is 0.276. The molecule has 16 heavy (non-hydrogen) atoms. The Labute approximate surface area is 104 Å². The van der Waals surface area contributed by atoms with Crippen LogP contribution >= 0.6 is 15.9 Å². The summed E-state index contributed by atoms with van der Waals surface area (Å²) in [4.78, 5) is 11.6. The predicted octanol–water partition coefficient (Wildman–Crippen LogP) is 3.57. The highest BCUT2D eigenvalue weighted by Crippen LogP contribution is 2.08. The van der Waals surface area contributed by atoms with Gasteiger partial charge in [0.25, 0.3) is 0 Å². The van der Waals surface area contributed by atoms with Gasteiger partial charge in [-0.05, 0) is 31.6 Å². The summed E-state index contributed by atoms with van der Waals surface area (Å²) in [7, 11) is 0. The molecule has 1 aromatic rings. The highest BCUT2D eigenvalue weighted by Gasteiger charge is 2.06. The molecule has 0 spiro atoms. The number of carbonyl (C=O) groups excluding carboxylic acids is 1. The zero-order valence-corrected chi connectivity index (χ0v) is 11.1. The summed E-state index contributed by atoms with van der Waals surface area (Å²) in [5.41, 5.74) is 2.87. The highest BCUT2D eigenvalue weighted by molar-refractivity contribution is 9.09. The van der Waals surface area contributed by atoms with Crippen molar-refractivity contribution in [1.82, 2.24) is 0 Å². The van der Waals surface area contributed by atoms with Crippen molar-refractivity contribution < 1.29 is 9.53 Å². The fraction of sp³-hybridized carbons (Fsp3) is 0.308. The normalized spacial score (nSPS) is 11.9. The number of rotatable bonds is 4. The second-order valence-corrected chi connectivity index (χ2v) is 4.20. The standard InChI is InChI=1S/C13H15BrO2/c1-10(8-14)11(2)9-16-13(15)12-6-4-3-5-7-12/h3-7H,8-9H2,1-2H3. The van der Waals surface area contributed by atoms with E-state index in [0.717, 1.165) is 10.9 Å². The van der Waals surface area contributed by atoms with Crippen molar-refractivity contribution >= 4 is 21.9 Å². The number of allylic oxidation sites excluding steroid dienone is 1. The lowest BCUT2D eigenvalue weighted by atomic mass is 10.2. The zero-order valence-electron chi connectivity index (χ0n) is 9.50. The van der Waals surface area contributed by atoms with Crippen LogP contribution in [-0.2, 0) is 4.74 Å². The molecule has 1 rings (SSSR count). The van der Waals surface area contributed by atoms with Gasteiger partial charge in [0.15, 0.2) is 0 Å². The molecule has 0 aromatic heterocycles. The van der Waals surface area contributed by atoms with E-state index in [1.807, 2.05) is 32.0 Å². The third-order valence-corrected chi connectivity index (χ3v) is 3.20. The summed E-state index contributed by atoms with van der Waals surface area (Å²) in [5.74, 6) is -0.276. The number of benzene rings is 1. The van der Waals surface area contributed by atoms with Gasteiger partial charge in [0, 0.05) is 5.33 Å². The first-order chi connectivity index (χ1) is 7.65. The third-order valence-electron chi connectivity index (χ3n) is 2.36. The molecule has 0 saturated heterocycles. The first-order valence-electron chi connectivity index (χ1n) is 5.08. The second kappa shape index (κ2) is 6.48. The van der Waals surface area contributed by atoms with Crippen molar-refractivity contribution in [3.8, 4) is 0 Å². The maximum Gasteiger partial charge on any atom is 0.338 e. The molecule has 0 aliphatic heterocycles. The van der Waals surface area contributed by atoms with E-state index in [1.165, 1.54) is 5.57 Å². The summed E-state index contributed by atoms with van der Waals surface area (Å²) in [6, 6.07) is 9.01. The summed E-state index contributed by atoms with van der Waals surface area (Å²) >= 11 is 3.37. The summed E-state index contributed by atoms with van der Waals surface area (Å²) in [5, 5.41) is 0.807. The molecular formula is C13H15BrO2. The van der Waals surface area contributed by atoms with Crippen molar-refractivity contribution in [2.24, 2.45) is 0 Å². The van der Waals surface area contributed by atoms with Crippen LogP contribution < -0.4 is 0 Å². The Morgan fingerprint density at radius 3 is 2.38 bits per heavy atom. The van der Waals surface area contributed by atoms with Gasteiger partial charge in [-0.2, -0.15) is 0 Å². The molecule has 0 fully saturated rings. The molecule has 2 nitrogen and oxygen atoms in total. The van der Waals surface area contributed by atoms with Crippen LogP contribution in [0, 0.1) is 0 Å². The van der Waals surface area contributed by atoms with E-state index in [0.29, 0.717) is 12.2 Å². The van der Waals surface area contributed by atoms with Gasteiger partial charge in [0.2, 0.25) is 0 Å². The molecule has 0 saturated carbocycles. The van der Waals surface area contributed by atoms with Crippen molar-refractivity contribution in [2.45, 2.75) is 13.8 Å². The number of esters is 1. The van der Waals surface area contributed by atoms with Crippen LogP contribution in [0.5, 0.6) is 0 Å². The molecule has 86 valence electrons. The van der Waals surface area contributed by atoms with E-state index >= 15 is 0 Å². The van der Waals surface area contributed by atoms with Crippen molar-refractivity contribution in [3.05, 3.63) is 47.0 Å². The lowest BCUT2D eigenvalue weighted by molar-refractivity contribution is 0.0539. The minimum Gasteiger partial charge on any atom is -0.458 e. The fourth-order valence-electron chi connectivity index (χ4n) is 1.07. The quantitative estimate of drug-likeness (QED) is 0.479. The molecule has 1 aromatic carbocycles. The number of hydrogen-bond donors (Lipinski definition) is 0. The average Bonchev–Trinajstić information content (AvgIpc) is 2.35. The molecule has 0 unspecified atom stereocenters. The SMILES string of the molecule is CC(CBr)=C(C)COC(=O)c1ccccc1. The van der Waals surface area contributed by atoms with E-state index in [9.17, 15) is 4.79 Å². The maximum atomic E-state index is 11.6. The lowest BCUT2D eigenvalue weighted by Crippen LogP contribution is -2.07. The van der Waals surface area contributed by atoms with Gasteiger partial charge in [-0.3, -0.25) is 0 Å². The molecule has 0 atom stereocenters. The molecule has 0 aliphatic carbocycles. The summed E-state index contributed by atoms with van der Waals surface area (Å²) in [6.45, 7) is 4.33. The minimum atomic E-state index is -0.276. The molecular weight excluding hydrogens is 268 g/mol. The van der Waals surface area contributed by atoms with Gasteiger partial charge in [-0.1, -0.05) is 39.7 Å². The fourth-order valence-corrected chi connectivity index (χ4v) is 1.55. The second-order valence-electron chi connectivity index (χ2n) is 3.64. The van der Waals surface area contributed by atoms with E-state index in [-0.39, 0.29) is 5.97 Å². The van der Waals surface area contributed by atoms with Crippen LogP contribution in [-0.4, -0.2) is 17.9 Å². The van der Waals surface area contributed by atoms with Crippen molar-refractivity contribution in [3.63, 3.8) is 0 Å². The number of ether oxygens (including phenoxy) is 1. The third kappa shape index (κ3) is 3.81. The average molecular weight is 283 g/mol. The van der Waals surface area contributed by atoms with Crippen molar-refractivity contribution in [2.75, 3.05) is 11.9 Å². The van der Waals surface area contributed by atoms with E-state index in [4.69, 9.17) is 4.74 Å². The molecule has 0 heterocycles. The van der Waals surface area contributed by atoms with Crippen LogP contribution in [0.1, 0.15) is 24.2 Å². The molecule has 3 heteroatoms. The van der Waals surface area contributed by atoms with Crippen LogP contribution in [0.4, 0.5) is 0 Å². The Morgan fingerprint density at radius 1 is 1.19 bits per heavy atom. The molecule has 0 radical (unpaired) electrons. The smallest absolute Gasteiger partial charge is 0.338 e. The molecule has 0 amide bonds. The Bertz CT molecular complexity index is 382. The maximum absolute atomic E-state index is 11.6. The number of carbonyl (C=O) groups is 1. The van der Waals surface area contributed by atoms with E-state index < -0.39 is 0 Å². The van der Waals surface area contributed by atoms with Gasteiger partial charge in [-0.25, -0.2) is 4.79 Å². The van der Waals surface area contributed by atoms with E-state index in [2.05, 4.69) is 15.9 Å². The van der Waals surface area contributed by atoms with Crippen LogP contribution in [0.15, 0.2) is 41.5 Å². The molecule has 0 N–H and O–H groups in total. The van der Waals surface area contributed by atoms with Gasteiger partial charge < -0.3 is 4.74 Å². The van der Waals surface area contributed by atoms with Crippen LogP contribution in [0.3, 0.4) is 0 Å². The van der Waals surface area contributed by atoms with Crippen LogP contribution in [0.2, 0.25) is 0 Å². The molecule has 0 aliphatic rings. The van der Waals surface area contributed by atoms with Crippen LogP contribution in [0.25, 0.3) is 0 Å². The first kappa shape index (κ1) is 13.0. The first-order valence-corrected chi connectivity index (χ1v) is 6.20. The topological polar surface area (TPSA) is 26.3 Å². The number of alkyl halides is 1. The lowest BCUT2D eigenvalue weighted by Gasteiger charge is -2.07. The zero-order chi connectivity index (χ0) is 12.0. The Hall–Kier alpha value is -1.09. The van der Waals surface area contributed by atoms with E-state index in [1.54, 1.807) is 12.1 Å². The highest BCUT2D eigenvalue weighted by atomic mass is 79.9. The Kier molecular flexibility index (Phi) is 5.26. The number of halogens is 1. The van der Waals surface area contributed by atoms with Gasteiger partial charge in [0.05, 0.1) is 5.56 Å². The summed E-state index contributed by atoms with van der Waals surface area (Å²) < 4.78 is 5.20. The Morgan fingerprint density at radius 2 is 1.81 bits per heavy atom. The summed E-state index contributed by atoms with van der Waals surface area (Å²) in [6.07, 6.45) is 0. The van der Waals surface area contributed by atoms with Gasteiger partial charge in [-0.15, -0.1) is 0 Å². The van der Waals surface area contributed by atoms with Gasteiger partial charge >= 0.3 is 5.97 Å². The number of hydrogen-bond acceptors (Lipinski definition) is 2. The van der Waals surface area contributed by atoms with Crippen molar-refractivity contribution in [1.29, 1.82) is 0 Å². The van der Waals surface area contributed by atoms with Gasteiger partial charge in [0.1, 0.15) is 6.61 Å². The Balaban J connectivity index is 2.55.